The number of carbonyl (C=O) groups is 1. The lowest BCUT2D eigenvalue weighted by atomic mass is 9.96. The van der Waals surface area contributed by atoms with Gasteiger partial charge in [-0.2, -0.15) is 0 Å². The van der Waals surface area contributed by atoms with Crippen molar-refractivity contribution in [3.63, 3.8) is 0 Å². The Morgan fingerprint density at radius 2 is 1.73 bits per heavy atom. The fourth-order valence-corrected chi connectivity index (χ4v) is 2.47. The van der Waals surface area contributed by atoms with Crippen LogP contribution in [0.3, 0.4) is 0 Å². The molecule has 0 unspecified atom stereocenters. The van der Waals surface area contributed by atoms with Gasteiger partial charge in [-0.1, -0.05) is 20.8 Å². The molecule has 0 aromatic heterocycles. The first kappa shape index (κ1) is 16.7. The van der Waals surface area contributed by atoms with Gasteiger partial charge in [0.05, 0.1) is 0 Å². The monoisotopic (exact) mass is 307 g/mol. The van der Waals surface area contributed by atoms with Crippen molar-refractivity contribution >= 4 is 11.6 Å². The zero-order valence-electron chi connectivity index (χ0n) is 13.7. The smallest absolute Gasteiger partial charge is 0.225 e. The first-order valence-corrected chi connectivity index (χ1v) is 7.87. The van der Waals surface area contributed by atoms with Gasteiger partial charge in [-0.05, 0) is 24.3 Å². The third-order valence-electron chi connectivity index (χ3n) is 3.96. The standard InChI is InChI=1S/C17H26FN3O/c1-17(2,3)16(22)19-8-9-20-10-12-21(13-11-20)15-6-4-14(18)5-7-15/h4-7H,8-13H2,1-3H3,(H,19,22). The highest BCUT2D eigenvalue weighted by Gasteiger charge is 2.21. The number of rotatable bonds is 4. The van der Waals surface area contributed by atoms with Gasteiger partial charge >= 0.3 is 0 Å². The highest BCUT2D eigenvalue weighted by Crippen LogP contribution is 2.16. The van der Waals surface area contributed by atoms with Crippen LogP contribution in [-0.2, 0) is 4.79 Å². The van der Waals surface area contributed by atoms with Crippen LogP contribution in [0.4, 0.5) is 10.1 Å². The minimum absolute atomic E-state index is 0.0949. The maximum Gasteiger partial charge on any atom is 0.225 e. The third-order valence-corrected chi connectivity index (χ3v) is 3.96. The molecule has 0 aliphatic carbocycles. The molecule has 1 heterocycles. The van der Waals surface area contributed by atoms with Gasteiger partial charge in [0.15, 0.2) is 0 Å². The Morgan fingerprint density at radius 3 is 2.27 bits per heavy atom. The second-order valence-corrected chi connectivity index (χ2v) is 6.81. The van der Waals surface area contributed by atoms with Crippen molar-refractivity contribution in [3.05, 3.63) is 30.1 Å². The summed E-state index contributed by atoms with van der Waals surface area (Å²) in [5.74, 6) is -0.102. The minimum atomic E-state index is -0.332. The lowest BCUT2D eigenvalue weighted by Gasteiger charge is -2.36. The summed E-state index contributed by atoms with van der Waals surface area (Å²) in [6.45, 7) is 11.1. The Kier molecular flexibility index (Phi) is 5.40. The Bertz CT molecular complexity index is 488. The number of piperazine rings is 1. The summed E-state index contributed by atoms with van der Waals surface area (Å²) < 4.78 is 12.9. The van der Waals surface area contributed by atoms with Crippen molar-refractivity contribution in [2.75, 3.05) is 44.2 Å². The summed E-state index contributed by atoms with van der Waals surface area (Å²) in [5.41, 5.74) is 0.739. The molecule has 1 aliphatic heterocycles. The molecule has 1 aliphatic rings. The maximum absolute atomic E-state index is 12.9. The van der Waals surface area contributed by atoms with E-state index in [1.807, 2.05) is 32.9 Å². The molecule has 4 nitrogen and oxygen atoms in total. The third kappa shape index (κ3) is 4.70. The number of hydrogen-bond donors (Lipinski definition) is 1. The average Bonchev–Trinajstić information content (AvgIpc) is 2.48. The van der Waals surface area contributed by atoms with E-state index in [1.54, 1.807) is 0 Å². The second-order valence-electron chi connectivity index (χ2n) is 6.81. The molecule has 2 rings (SSSR count). The molecule has 1 amide bonds. The Labute approximate surface area is 132 Å². The maximum atomic E-state index is 12.9. The zero-order chi connectivity index (χ0) is 16.2. The van der Waals surface area contributed by atoms with Crippen LogP contribution in [-0.4, -0.2) is 50.1 Å². The summed E-state index contributed by atoms with van der Waals surface area (Å²) in [6, 6.07) is 6.66. The molecule has 1 aromatic carbocycles. The molecule has 0 atom stereocenters. The molecule has 22 heavy (non-hydrogen) atoms. The average molecular weight is 307 g/mol. The normalized spacial score (nSPS) is 16.6. The molecule has 1 saturated heterocycles. The van der Waals surface area contributed by atoms with Crippen molar-refractivity contribution in [1.82, 2.24) is 10.2 Å². The predicted molar refractivity (Wildman–Crippen MR) is 87.5 cm³/mol. The number of anilines is 1. The Balaban J connectivity index is 1.71. The van der Waals surface area contributed by atoms with Crippen LogP contribution in [0.25, 0.3) is 0 Å². The van der Waals surface area contributed by atoms with Crippen molar-refractivity contribution in [1.29, 1.82) is 0 Å². The van der Waals surface area contributed by atoms with Crippen LogP contribution in [0.5, 0.6) is 0 Å². The molecule has 1 N–H and O–H groups in total. The highest BCUT2D eigenvalue weighted by atomic mass is 19.1. The van der Waals surface area contributed by atoms with E-state index in [-0.39, 0.29) is 17.1 Å². The lowest BCUT2D eigenvalue weighted by Crippen LogP contribution is -2.49. The molecule has 0 radical (unpaired) electrons. The van der Waals surface area contributed by atoms with Gasteiger partial charge in [0.2, 0.25) is 5.91 Å². The van der Waals surface area contributed by atoms with Gasteiger partial charge in [0.25, 0.3) is 0 Å². The van der Waals surface area contributed by atoms with Crippen LogP contribution < -0.4 is 10.2 Å². The Morgan fingerprint density at radius 1 is 1.14 bits per heavy atom. The number of benzene rings is 1. The molecule has 0 saturated carbocycles. The number of nitrogens with one attached hydrogen (secondary N) is 1. The number of hydrogen-bond acceptors (Lipinski definition) is 3. The summed E-state index contributed by atoms with van der Waals surface area (Å²) >= 11 is 0. The quantitative estimate of drug-likeness (QED) is 0.925. The summed E-state index contributed by atoms with van der Waals surface area (Å²) in [5, 5.41) is 2.98. The van der Waals surface area contributed by atoms with Crippen molar-refractivity contribution in [3.8, 4) is 0 Å². The Hall–Kier alpha value is -1.62. The molecule has 1 aromatic rings. The van der Waals surface area contributed by atoms with Crippen LogP contribution in [0, 0.1) is 11.2 Å². The summed E-state index contributed by atoms with van der Waals surface area (Å²) in [7, 11) is 0. The summed E-state index contributed by atoms with van der Waals surface area (Å²) in [6.07, 6.45) is 0. The highest BCUT2D eigenvalue weighted by molar-refractivity contribution is 5.81. The number of amides is 1. The molecule has 0 bridgehead atoms. The SMILES string of the molecule is CC(C)(C)C(=O)NCCN1CCN(c2ccc(F)cc2)CC1. The first-order chi connectivity index (χ1) is 10.4. The van der Waals surface area contributed by atoms with Crippen LogP contribution in [0.15, 0.2) is 24.3 Å². The topological polar surface area (TPSA) is 35.6 Å². The number of halogens is 1. The van der Waals surface area contributed by atoms with E-state index in [2.05, 4.69) is 15.1 Å². The van der Waals surface area contributed by atoms with Gasteiger partial charge < -0.3 is 10.2 Å². The summed E-state index contributed by atoms with van der Waals surface area (Å²) in [4.78, 5) is 16.4. The number of nitrogens with zero attached hydrogens (tertiary/aromatic N) is 2. The van der Waals surface area contributed by atoms with Gasteiger partial charge in [0.1, 0.15) is 5.82 Å². The molecule has 0 spiro atoms. The predicted octanol–water partition coefficient (Wildman–Crippen LogP) is 2.11. The van der Waals surface area contributed by atoms with Crippen LogP contribution >= 0.6 is 0 Å². The van der Waals surface area contributed by atoms with Crippen LogP contribution in [0.2, 0.25) is 0 Å². The molecular weight excluding hydrogens is 281 g/mol. The van der Waals surface area contributed by atoms with Crippen molar-refractivity contribution in [2.45, 2.75) is 20.8 Å². The molecular formula is C17H26FN3O. The van der Waals surface area contributed by atoms with Crippen molar-refractivity contribution in [2.24, 2.45) is 5.41 Å². The van der Waals surface area contributed by atoms with E-state index in [9.17, 15) is 9.18 Å². The number of carbonyl (C=O) groups excluding carboxylic acids is 1. The van der Waals surface area contributed by atoms with Gasteiger partial charge in [0, 0.05) is 50.4 Å². The molecule has 1 fully saturated rings. The van der Waals surface area contributed by atoms with Crippen molar-refractivity contribution < 1.29 is 9.18 Å². The molecule has 122 valence electrons. The lowest BCUT2D eigenvalue weighted by molar-refractivity contribution is -0.128. The zero-order valence-corrected chi connectivity index (χ0v) is 13.7. The minimum Gasteiger partial charge on any atom is -0.369 e. The van der Waals surface area contributed by atoms with E-state index in [4.69, 9.17) is 0 Å². The van der Waals surface area contributed by atoms with Gasteiger partial charge in [-0.15, -0.1) is 0 Å². The largest absolute Gasteiger partial charge is 0.369 e. The first-order valence-electron chi connectivity index (χ1n) is 7.87. The van der Waals surface area contributed by atoms with Gasteiger partial charge in [-0.3, -0.25) is 9.69 Å². The van der Waals surface area contributed by atoms with E-state index in [0.29, 0.717) is 6.54 Å². The van der Waals surface area contributed by atoms with E-state index in [0.717, 1.165) is 38.4 Å². The van der Waals surface area contributed by atoms with E-state index in [1.165, 1.54) is 12.1 Å². The fraction of sp³-hybridized carbons (Fsp3) is 0.588. The van der Waals surface area contributed by atoms with Gasteiger partial charge in [-0.25, -0.2) is 4.39 Å². The molecule has 5 heteroatoms. The fourth-order valence-electron chi connectivity index (χ4n) is 2.47. The van der Waals surface area contributed by atoms with E-state index < -0.39 is 0 Å². The second kappa shape index (κ2) is 7.09. The van der Waals surface area contributed by atoms with E-state index >= 15 is 0 Å². The van der Waals surface area contributed by atoms with Crippen LogP contribution in [0.1, 0.15) is 20.8 Å².